The van der Waals surface area contributed by atoms with Gasteiger partial charge >= 0.3 is 0 Å². The highest BCUT2D eigenvalue weighted by atomic mass is 14.3. The van der Waals surface area contributed by atoms with Crippen molar-refractivity contribution in [2.24, 2.45) is 23.2 Å². The molecule has 228 valence electrons. The lowest BCUT2D eigenvalue weighted by molar-refractivity contribution is 0.206. The lowest BCUT2D eigenvalue weighted by atomic mass is 9.74. The summed E-state index contributed by atoms with van der Waals surface area (Å²) in [5.41, 5.74) is 2.09. The van der Waals surface area contributed by atoms with Crippen molar-refractivity contribution in [3.63, 3.8) is 0 Å². The van der Waals surface area contributed by atoms with Gasteiger partial charge in [0.2, 0.25) is 0 Å². The van der Waals surface area contributed by atoms with Crippen molar-refractivity contribution >= 4 is 0 Å². The van der Waals surface area contributed by atoms with E-state index in [1.807, 2.05) is 0 Å². The molecule has 0 aliphatic carbocycles. The Balaban J connectivity index is 1.88. The van der Waals surface area contributed by atoms with Crippen molar-refractivity contribution in [3.05, 3.63) is 35.9 Å². The number of rotatable bonds is 27. The van der Waals surface area contributed by atoms with Crippen molar-refractivity contribution in [1.29, 1.82) is 0 Å². The quantitative estimate of drug-likeness (QED) is 0.0973. The van der Waals surface area contributed by atoms with Gasteiger partial charge in [0.15, 0.2) is 0 Å². The molecular formula is C39H72. The molecule has 39 heavy (non-hydrogen) atoms. The predicted molar refractivity (Wildman–Crippen MR) is 179 cm³/mol. The first kappa shape index (κ1) is 36.2. The molecule has 0 bridgehead atoms. The zero-order valence-electron chi connectivity index (χ0n) is 27.9. The maximum Gasteiger partial charge on any atom is -0.0279 e. The second-order valence-corrected chi connectivity index (χ2v) is 14.2. The van der Waals surface area contributed by atoms with E-state index >= 15 is 0 Å². The smallest absolute Gasteiger partial charge is 0.0279 e. The minimum atomic E-state index is 0.589. The van der Waals surface area contributed by atoms with Crippen LogP contribution in [0.15, 0.2) is 30.3 Å². The fourth-order valence-corrected chi connectivity index (χ4v) is 6.76. The van der Waals surface area contributed by atoms with Gasteiger partial charge in [-0.25, -0.2) is 0 Å². The van der Waals surface area contributed by atoms with Crippen LogP contribution in [0, 0.1) is 23.2 Å². The van der Waals surface area contributed by atoms with E-state index < -0.39 is 0 Å². The molecule has 0 radical (unpaired) electrons. The zero-order valence-corrected chi connectivity index (χ0v) is 27.9. The van der Waals surface area contributed by atoms with Gasteiger partial charge in [-0.1, -0.05) is 194 Å². The molecule has 0 saturated carbocycles. The molecule has 0 aliphatic rings. The molecule has 0 amide bonds. The summed E-state index contributed by atoms with van der Waals surface area (Å²) in [6.07, 6.45) is 32.8. The van der Waals surface area contributed by atoms with Gasteiger partial charge in [-0.2, -0.15) is 0 Å². The Morgan fingerprint density at radius 3 is 1.44 bits per heavy atom. The first-order chi connectivity index (χ1) is 18.9. The molecule has 0 spiro atoms. The van der Waals surface area contributed by atoms with Crippen molar-refractivity contribution < 1.29 is 0 Å². The summed E-state index contributed by atoms with van der Waals surface area (Å²) in [5, 5.41) is 0. The molecular weight excluding hydrogens is 468 g/mol. The molecule has 0 heterocycles. The maximum atomic E-state index is 2.54. The molecule has 1 rings (SSSR count). The van der Waals surface area contributed by atoms with Crippen LogP contribution in [0.25, 0.3) is 0 Å². The van der Waals surface area contributed by atoms with Gasteiger partial charge in [0.05, 0.1) is 0 Å². The van der Waals surface area contributed by atoms with Crippen LogP contribution in [0.5, 0.6) is 0 Å². The Morgan fingerprint density at radius 2 is 0.974 bits per heavy atom. The fraction of sp³-hybridized carbons (Fsp3) is 0.846. The van der Waals surface area contributed by atoms with Crippen LogP contribution >= 0.6 is 0 Å². The topological polar surface area (TPSA) is 0 Å². The molecule has 0 aromatic heterocycles. The summed E-state index contributed by atoms with van der Waals surface area (Å²) in [7, 11) is 0. The third-order valence-corrected chi connectivity index (χ3v) is 9.87. The first-order valence-electron chi connectivity index (χ1n) is 17.9. The Hall–Kier alpha value is -0.780. The third-order valence-electron chi connectivity index (χ3n) is 9.87. The summed E-state index contributed by atoms with van der Waals surface area (Å²) in [5.74, 6) is 2.77. The summed E-state index contributed by atoms with van der Waals surface area (Å²) < 4.78 is 0. The van der Waals surface area contributed by atoms with Crippen LogP contribution in [0.2, 0.25) is 0 Å². The Labute approximate surface area is 247 Å². The highest BCUT2D eigenvalue weighted by Gasteiger charge is 2.23. The third kappa shape index (κ3) is 20.7. The number of hydrogen-bond acceptors (Lipinski definition) is 0. The van der Waals surface area contributed by atoms with E-state index in [1.54, 1.807) is 0 Å². The average Bonchev–Trinajstić information content (AvgIpc) is 2.93. The molecule has 0 fully saturated rings. The highest BCUT2D eigenvalue weighted by molar-refractivity contribution is 5.14. The molecule has 0 heteroatoms. The van der Waals surface area contributed by atoms with Gasteiger partial charge in [-0.3, -0.25) is 0 Å². The minimum Gasteiger partial charge on any atom is -0.0654 e. The van der Waals surface area contributed by atoms with Gasteiger partial charge in [0, 0.05) is 0 Å². The SMILES string of the molecule is CCCCC(C)(CC)CC(C)CCCCCCC(C)CCCCCCCC(C)CCCCCc1ccccc1. The Morgan fingerprint density at radius 1 is 0.538 bits per heavy atom. The molecule has 1 aromatic rings. The van der Waals surface area contributed by atoms with E-state index in [0.29, 0.717) is 5.41 Å². The van der Waals surface area contributed by atoms with E-state index in [9.17, 15) is 0 Å². The van der Waals surface area contributed by atoms with Crippen LogP contribution in [-0.2, 0) is 6.42 Å². The van der Waals surface area contributed by atoms with E-state index in [-0.39, 0.29) is 0 Å². The normalized spacial score (nSPS) is 15.6. The monoisotopic (exact) mass is 541 g/mol. The second-order valence-electron chi connectivity index (χ2n) is 14.2. The molecule has 0 saturated heterocycles. The second kappa shape index (κ2) is 23.9. The van der Waals surface area contributed by atoms with Gasteiger partial charge in [0.25, 0.3) is 0 Å². The van der Waals surface area contributed by atoms with Crippen LogP contribution in [0.4, 0.5) is 0 Å². The van der Waals surface area contributed by atoms with Gasteiger partial charge in [0.1, 0.15) is 0 Å². The molecule has 0 aliphatic heterocycles. The van der Waals surface area contributed by atoms with E-state index in [4.69, 9.17) is 0 Å². The van der Waals surface area contributed by atoms with Gasteiger partial charge in [-0.15, -0.1) is 0 Å². The molecule has 0 N–H and O–H groups in total. The van der Waals surface area contributed by atoms with Gasteiger partial charge < -0.3 is 0 Å². The van der Waals surface area contributed by atoms with Crippen LogP contribution < -0.4 is 0 Å². The minimum absolute atomic E-state index is 0.589. The lowest BCUT2D eigenvalue weighted by Gasteiger charge is -2.31. The number of unbranched alkanes of at least 4 members (excludes halogenated alkanes) is 10. The first-order valence-corrected chi connectivity index (χ1v) is 17.9. The van der Waals surface area contributed by atoms with E-state index in [1.165, 1.54) is 153 Å². The van der Waals surface area contributed by atoms with Crippen molar-refractivity contribution in [2.75, 3.05) is 0 Å². The molecule has 4 atom stereocenters. The fourth-order valence-electron chi connectivity index (χ4n) is 6.76. The van der Waals surface area contributed by atoms with Crippen molar-refractivity contribution in [1.82, 2.24) is 0 Å². The van der Waals surface area contributed by atoms with E-state index in [2.05, 4.69) is 71.9 Å². The highest BCUT2D eigenvalue weighted by Crippen LogP contribution is 2.36. The van der Waals surface area contributed by atoms with Crippen LogP contribution in [-0.4, -0.2) is 0 Å². The molecule has 0 nitrogen and oxygen atoms in total. The number of aryl methyl sites for hydroxylation is 1. The largest absolute Gasteiger partial charge is 0.0654 e. The lowest BCUT2D eigenvalue weighted by Crippen LogP contribution is -2.19. The molecule has 1 aromatic carbocycles. The maximum absolute atomic E-state index is 2.54. The van der Waals surface area contributed by atoms with Crippen molar-refractivity contribution in [2.45, 2.75) is 189 Å². The summed E-state index contributed by atoms with van der Waals surface area (Å²) >= 11 is 0. The number of hydrogen-bond donors (Lipinski definition) is 0. The summed E-state index contributed by atoms with van der Waals surface area (Å²) in [6, 6.07) is 11.0. The Bertz CT molecular complexity index is 633. The van der Waals surface area contributed by atoms with E-state index in [0.717, 1.165) is 17.8 Å². The summed E-state index contributed by atoms with van der Waals surface area (Å²) in [6.45, 7) is 14.8. The van der Waals surface area contributed by atoms with Crippen LogP contribution in [0.3, 0.4) is 0 Å². The van der Waals surface area contributed by atoms with Crippen LogP contribution in [0.1, 0.15) is 188 Å². The van der Waals surface area contributed by atoms with Gasteiger partial charge in [-0.05, 0) is 54.4 Å². The predicted octanol–water partition coefficient (Wildman–Crippen LogP) is 13.8. The summed E-state index contributed by atoms with van der Waals surface area (Å²) in [4.78, 5) is 0. The number of benzene rings is 1. The zero-order chi connectivity index (χ0) is 28.6. The molecule has 4 unspecified atom stereocenters. The van der Waals surface area contributed by atoms with Crippen molar-refractivity contribution in [3.8, 4) is 0 Å². The Kier molecular flexibility index (Phi) is 22.2. The average molecular weight is 541 g/mol. The standard InChI is InChI=1S/C39H72/c1-7-9-33-39(6,8-2)34-37(5)29-20-14-13-19-27-35(3)25-17-11-10-12-18-26-36(4)28-21-15-22-30-38-31-23-16-24-32-38/h16,23-24,31-32,35-37H,7-15,17-22,25-30,33-34H2,1-6H3.